The fourth-order valence-corrected chi connectivity index (χ4v) is 2.97. The summed E-state index contributed by atoms with van der Waals surface area (Å²) in [6, 6.07) is 10.0. The van der Waals surface area contributed by atoms with E-state index in [2.05, 4.69) is 20.9 Å². The van der Waals surface area contributed by atoms with Crippen molar-refractivity contribution in [1.29, 1.82) is 0 Å². The zero-order chi connectivity index (χ0) is 23.3. The van der Waals surface area contributed by atoms with Gasteiger partial charge in [-0.2, -0.15) is 0 Å². The van der Waals surface area contributed by atoms with Crippen LogP contribution >= 0.6 is 0 Å². The third-order valence-electron chi connectivity index (χ3n) is 4.47. The van der Waals surface area contributed by atoms with Crippen LogP contribution < -0.4 is 16.0 Å². The van der Waals surface area contributed by atoms with Crippen LogP contribution in [0, 0.1) is 10.1 Å². The van der Waals surface area contributed by atoms with Gasteiger partial charge in [-0.05, 0) is 25.0 Å². The molecule has 0 bridgehead atoms. The summed E-state index contributed by atoms with van der Waals surface area (Å²) in [4.78, 5) is 50.1. The molecule has 0 aliphatic carbocycles. The molecule has 0 radical (unpaired) electrons. The van der Waals surface area contributed by atoms with Gasteiger partial charge in [-0.1, -0.05) is 24.3 Å². The van der Waals surface area contributed by atoms with E-state index in [0.29, 0.717) is 13.0 Å². The summed E-state index contributed by atoms with van der Waals surface area (Å²) in [6.07, 6.45) is 2.70. The van der Waals surface area contributed by atoms with Crippen molar-refractivity contribution in [2.24, 2.45) is 0 Å². The SMILES string of the molecule is O=C(O)CC(NC(=O)CNC(=O)CCCCNc1ccccn1)c1ccccc1[N+](=O)[O-].[NaH]. The molecule has 1 aromatic carbocycles. The number of unbranched alkanes of at least 4 members (excludes halogenated alkanes) is 1. The van der Waals surface area contributed by atoms with Gasteiger partial charge in [0.15, 0.2) is 0 Å². The number of aromatic nitrogens is 1. The van der Waals surface area contributed by atoms with Crippen LogP contribution in [0.4, 0.5) is 11.5 Å². The van der Waals surface area contributed by atoms with Crippen LogP contribution in [0.3, 0.4) is 0 Å². The average Bonchev–Trinajstić information content (AvgIpc) is 2.77. The molecule has 0 aliphatic heterocycles. The normalized spacial score (nSPS) is 10.9. The first-order valence-electron chi connectivity index (χ1n) is 10.0. The van der Waals surface area contributed by atoms with Gasteiger partial charge in [0.2, 0.25) is 11.8 Å². The summed E-state index contributed by atoms with van der Waals surface area (Å²) in [6.45, 7) is 0.291. The number of carboxylic acid groups (broad SMARTS) is 1. The number of carbonyl (C=O) groups is 3. The average molecular weight is 467 g/mol. The molecule has 33 heavy (non-hydrogen) atoms. The molecule has 12 heteroatoms. The number of hydrogen-bond acceptors (Lipinski definition) is 7. The Bertz CT molecular complexity index is 944. The Labute approximate surface area is 212 Å². The zero-order valence-corrected chi connectivity index (χ0v) is 17.3. The van der Waals surface area contributed by atoms with Crippen LogP contribution in [0.2, 0.25) is 0 Å². The van der Waals surface area contributed by atoms with Gasteiger partial charge in [0, 0.05) is 25.2 Å². The number of carbonyl (C=O) groups excluding carboxylic acids is 2. The summed E-state index contributed by atoms with van der Waals surface area (Å²) in [5.41, 5.74) is -0.206. The first-order valence-corrected chi connectivity index (χ1v) is 10.0. The summed E-state index contributed by atoms with van der Waals surface area (Å²) < 4.78 is 0. The predicted molar refractivity (Wildman–Crippen MR) is 123 cm³/mol. The predicted octanol–water partition coefficient (Wildman–Crippen LogP) is 1.37. The van der Waals surface area contributed by atoms with Gasteiger partial charge in [0.1, 0.15) is 5.82 Å². The molecule has 2 rings (SSSR count). The summed E-state index contributed by atoms with van der Waals surface area (Å²) in [5.74, 6) is -1.43. The second-order valence-corrected chi connectivity index (χ2v) is 6.91. The monoisotopic (exact) mass is 467 g/mol. The number of para-hydroxylation sites is 1. The molecule has 1 atom stereocenters. The third kappa shape index (κ3) is 10.4. The molecule has 4 N–H and O–H groups in total. The first-order chi connectivity index (χ1) is 15.4. The third-order valence-corrected chi connectivity index (χ3v) is 4.47. The van der Waals surface area contributed by atoms with Crippen LogP contribution in [0.1, 0.15) is 37.3 Å². The molecule has 2 amide bonds. The van der Waals surface area contributed by atoms with Crippen molar-refractivity contribution >= 4 is 58.8 Å². The van der Waals surface area contributed by atoms with Crippen LogP contribution in [0.5, 0.6) is 0 Å². The first kappa shape index (κ1) is 28.0. The van der Waals surface area contributed by atoms with E-state index in [1.165, 1.54) is 24.3 Å². The number of nitro groups is 1. The number of nitro benzene ring substituents is 1. The zero-order valence-electron chi connectivity index (χ0n) is 17.3. The number of amides is 2. The van der Waals surface area contributed by atoms with Crippen LogP contribution in [0.15, 0.2) is 48.7 Å². The van der Waals surface area contributed by atoms with Gasteiger partial charge in [0.25, 0.3) is 5.69 Å². The Morgan fingerprint density at radius 1 is 1.06 bits per heavy atom. The van der Waals surface area contributed by atoms with E-state index in [0.717, 1.165) is 12.2 Å². The Hall–Kier alpha value is -3.02. The minimum atomic E-state index is -1.23. The van der Waals surface area contributed by atoms with E-state index in [1.54, 1.807) is 6.20 Å². The number of hydrogen-bond donors (Lipinski definition) is 4. The molecular formula is C21H26N5NaO6. The van der Waals surface area contributed by atoms with Crippen molar-refractivity contribution in [3.8, 4) is 0 Å². The Morgan fingerprint density at radius 2 is 1.79 bits per heavy atom. The van der Waals surface area contributed by atoms with E-state index < -0.39 is 29.3 Å². The number of nitrogens with zero attached hydrogens (tertiary/aromatic N) is 2. The van der Waals surface area contributed by atoms with Crippen LogP contribution in [0.25, 0.3) is 0 Å². The van der Waals surface area contributed by atoms with Gasteiger partial charge >= 0.3 is 35.5 Å². The fourth-order valence-electron chi connectivity index (χ4n) is 2.97. The molecule has 0 fully saturated rings. The second-order valence-electron chi connectivity index (χ2n) is 6.91. The Balaban J connectivity index is 0.00000544. The molecule has 0 saturated carbocycles. The van der Waals surface area contributed by atoms with E-state index in [4.69, 9.17) is 5.11 Å². The number of rotatable bonds is 13. The second kappa shape index (κ2) is 14.9. The number of benzene rings is 1. The molecule has 0 spiro atoms. The number of anilines is 1. The number of carboxylic acids is 1. The van der Waals surface area contributed by atoms with Gasteiger partial charge in [-0.15, -0.1) is 0 Å². The molecule has 172 valence electrons. The number of aliphatic carboxylic acids is 1. The molecule has 1 heterocycles. The fraction of sp³-hybridized carbons (Fsp3) is 0.333. The van der Waals surface area contributed by atoms with Crippen molar-refractivity contribution in [2.45, 2.75) is 31.7 Å². The molecular weight excluding hydrogens is 441 g/mol. The molecule has 11 nitrogen and oxygen atoms in total. The van der Waals surface area contributed by atoms with Crippen molar-refractivity contribution in [3.63, 3.8) is 0 Å². The van der Waals surface area contributed by atoms with E-state index in [9.17, 15) is 24.5 Å². The Morgan fingerprint density at radius 3 is 2.45 bits per heavy atom. The number of pyridine rings is 1. The maximum atomic E-state index is 12.2. The van der Waals surface area contributed by atoms with E-state index in [1.807, 2.05) is 18.2 Å². The molecule has 0 saturated heterocycles. The van der Waals surface area contributed by atoms with Gasteiger partial charge in [-0.25, -0.2) is 4.98 Å². The van der Waals surface area contributed by atoms with Gasteiger partial charge < -0.3 is 21.1 Å². The van der Waals surface area contributed by atoms with E-state index >= 15 is 0 Å². The molecule has 2 aromatic rings. The van der Waals surface area contributed by atoms with Crippen molar-refractivity contribution in [1.82, 2.24) is 15.6 Å². The molecule has 0 aliphatic rings. The minimum absolute atomic E-state index is 0. The van der Waals surface area contributed by atoms with Gasteiger partial charge in [-0.3, -0.25) is 24.5 Å². The van der Waals surface area contributed by atoms with Crippen LogP contribution in [-0.4, -0.2) is 75.4 Å². The van der Waals surface area contributed by atoms with Crippen molar-refractivity contribution in [2.75, 3.05) is 18.4 Å². The topological polar surface area (TPSA) is 164 Å². The summed E-state index contributed by atoms with van der Waals surface area (Å²) in [5, 5.41) is 28.4. The molecule has 1 unspecified atom stereocenters. The van der Waals surface area contributed by atoms with E-state index in [-0.39, 0.29) is 59.7 Å². The number of nitrogens with one attached hydrogen (secondary N) is 3. The quantitative estimate of drug-likeness (QED) is 0.148. The summed E-state index contributed by atoms with van der Waals surface area (Å²) >= 11 is 0. The van der Waals surface area contributed by atoms with Crippen molar-refractivity contribution in [3.05, 3.63) is 64.3 Å². The van der Waals surface area contributed by atoms with Crippen LogP contribution in [-0.2, 0) is 14.4 Å². The standard InChI is InChI=1S/C21H25N5O6.Na.H/c27-19(10-4-6-12-23-18-9-3-5-11-22-18)24-14-20(28)25-16(13-21(29)30)15-7-1-2-8-17(15)26(31)32;;/h1-3,5,7-9,11,16H,4,6,10,12-14H2,(H,22,23)(H,24,27)(H,25,28)(H,29,30);;. The molecule has 1 aromatic heterocycles. The summed E-state index contributed by atoms with van der Waals surface area (Å²) in [7, 11) is 0. The Kier molecular flexibility index (Phi) is 12.7. The van der Waals surface area contributed by atoms with Gasteiger partial charge in [0.05, 0.1) is 29.5 Å². The van der Waals surface area contributed by atoms with Crippen molar-refractivity contribution < 1.29 is 24.4 Å². The maximum absolute atomic E-state index is 12.2.